The monoisotopic (exact) mass is 465 g/mol. The van der Waals surface area contributed by atoms with Crippen LogP contribution in [0.2, 0.25) is 0 Å². The van der Waals surface area contributed by atoms with Crippen molar-refractivity contribution in [3.63, 3.8) is 0 Å². The van der Waals surface area contributed by atoms with Gasteiger partial charge in [0.15, 0.2) is 11.5 Å². The van der Waals surface area contributed by atoms with Crippen LogP contribution < -0.4 is 9.47 Å². The van der Waals surface area contributed by atoms with Crippen molar-refractivity contribution < 1.29 is 28.9 Å². The second-order valence-corrected chi connectivity index (χ2v) is 8.44. The smallest absolute Gasteiger partial charge is 0.295 e. The highest BCUT2D eigenvalue weighted by Crippen LogP contribution is 2.41. The molecular weight excluding hydrogens is 438 g/mol. The van der Waals surface area contributed by atoms with Gasteiger partial charge in [0.2, 0.25) is 0 Å². The van der Waals surface area contributed by atoms with Crippen LogP contribution in [-0.4, -0.2) is 84.2 Å². The third-order valence-electron chi connectivity index (χ3n) is 6.35. The van der Waals surface area contributed by atoms with Gasteiger partial charge in [-0.1, -0.05) is 0 Å². The predicted molar refractivity (Wildman–Crippen MR) is 123 cm³/mol. The Morgan fingerprint density at radius 2 is 1.71 bits per heavy atom. The number of likely N-dealkylation sites (tertiary alicyclic amines) is 1. The standard InChI is InChI=1S/C25H27N3O6/c29-23(18-2-3-19-20(16-18)34-15-14-33-19)21-22(17-4-6-26-7-5-17)28(25(31)24(21)30)9-1-8-27-10-12-32-13-11-27/h2-7,16,22,29H,1,8-15H2/b23-21-. The number of pyridine rings is 1. The molecule has 0 radical (unpaired) electrons. The highest BCUT2D eigenvalue weighted by molar-refractivity contribution is 6.46. The van der Waals surface area contributed by atoms with Gasteiger partial charge in [0.25, 0.3) is 11.7 Å². The number of nitrogens with zero attached hydrogens (tertiary/aromatic N) is 3. The van der Waals surface area contributed by atoms with Crippen molar-refractivity contribution >= 4 is 17.4 Å². The molecule has 2 saturated heterocycles. The van der Waals surface area contributed by atoms with Gasteiger partial charge in [-0.3, -0.25) is 19.5 Å². The Kier molecular flexibility index (Phi) is 6.46. The summed E-state index contributed by atoms with van der Waals surface area (Å²) in [5.74, 6) is -0.455. The van der Waals surface area contributed by atoms with Crippen LogP contribution in [0.25, 0.3) is 5.76 Å². The molecule has 1 aromatic carbocycles. The Labute approximate surface area is 197 Å². The average molecular weight is 466 g/mol. The van der Waals surface area contributed by atoms with E-state index in [4.69, 9.17) is 14.2 Å². The van der Waals surface area contributed by atoms with Crippen molar-refractivity contribution in [3.8, 4) is 11.5 Å². The maximum absolute atomic E-state index is 13.2. The van der Waals surface area contributed by atoms with E-state index in [1.807, 2.05) is 0 Å². The molecule has 0 saturated carbocycles. The number of aromatic nitrogens is 1. The summed E-state index contributed by atoms with van der Waals surface area (Å²) in [6.07, 6.45) is 3.94. The molecule has 2 fully saturated rings. The van der Waals surface area contributed by atoms with Crippen molar-refractivity contribution in [3.05, 3.63) is 59.4 Å². The summed E-state index contributed by atoms with van der Waals surface area (Å²) in [5.41, 5.74) is 1.19. The first-order chi connectivity index (χ1) is 16.6. The number of carbonyl (C=O) groups excluding carboxylic acids is 2. The molecular formula is C25H27N3O6. The van der Waals surface area contributed by atoms with E-state index in [1.54, 1.807) is 47.6 Å². The fourth-order valence-corrected chi connectivity index (χ4v) is 4.64. The number of carbonyl (C=O) groups is 2. The second-order valence-electron chi connectivity index (χ2n) is 8.44. The molecule has 3 aliphatic heterocycles. The fourth-order valence-electron chi connectivity index (χ4n) is 4.64. The van der Waals surface area contributed by atoms with Gasteiger partial charge in [0.05, 0.1) is 24.8 Å². The lowest BCUT2D eigenvalue weighted by Crippen LogP contribution is -2.38. The van der Waals surface area contributed by atoms with Crippen LogP contribution in [0.1, 0.15) is 23.6 Å². The second kappa shape index (κ2) is 9.82. The quantitative estimate of drug-likeness (QED) is 0.393. The average Bonchev–Trinajstić information content (AvgIpc) is 3.14. The van der Waals surface area contributed by atoms with Gasteiger partial charge >= 0.3 is 0 Å². The number of ketones is 1. The van der Waals surface area contributed by atoms with Crippen molar-refractivity contribution in [2.24, 2.45) is 0 Å². The summed E-state index contributed by atoms with van der Waals surface area (Å²) in [7, 11) is 0. The highest BCUT2D eigenvalue weighted by Gasteiger charge is 2.45. The zero-order chi connectivity index (χ0) is 23.5. The molecule has 3 aliphatic rings. The molecule has 9 nitrogen and oxygen atoms in total. The Morgan fingerprint density at radius 1 is 0.971 bits per heavy atom. The molecule has 178 valence electrons. The number of aliphatic hydroxyl groups is 1. The Balaban J connectivity index is 1.46. The summed E-state index contributed by atoms with van der Waals surface area (Å²) in [6, 6.07) is 7.84. The van der Waals surface area contributed by atoms with Crippen molar-refractivity contribution in [2.75, 3.05) is 52.6 Å². The molecule has 0 bridgehead atoms. The van der Waals surface area contributed by atoms with Gasteiger partial charge in [0.1, 0.15) is 19.0 Å². The minimum Gasteiger partial charge on any atom is -0.507 e. The molecule has 1 unspecified atom stereocenters. The minimum absolute atomic E-state index is 0.0688. The lowest BCUT2D eigenvalue weighted by Gasteiger charge is -2.29. The third kappa shape index (κ3) is 4.36. The van der Waals surface area contributed by atoms with Gasteiger partial charge in [-0.15, -0.1) is 0 Å². The van der Waals surface area contributed by atoms with Crippen molar-refractivity contribution in [1.29, 1.82) is 0 Å². The Bertz CT molecular complexity index is 1100. The molecule has 34 heavy (non-hydrogen) atoms. The number of fused-ring (bicyclic) bond motifs is 1. The number of rotatable bonds is 6. The Hall–Kier alpha value is -3.43. The van der Waals surface area contributed by atoms with E-state index >= 15 is 0 Å². The Morgan fingerprint density at radius 3 is 2.47 bits per heavy atom. The summed E-state index contributed by atoms with van der Waals surface area (Å²) in [5, 5.41) is 11.2. The number of amides is 1. The van der Waals surface area contributed by atoms with E-state index < -0.39 is 17.7 Å². The van der Waals surface area contributed by atoms with Gasteiger partial charge < -0.3 is 24.2 Å². The molecule has 2 aromatic rings. The first-order valence-corrected chi connectivity index (χ1v) is 11.5. The van der Waals surface area contributed by atoms with Crippen LogP contribution in [0.4, 0.5) is 0 Å². The van der Waals surface area contributed by atoms with Gasteiger partial charge in [0, 0.05) is 44.1 Å². The molecule has 1 atom stereocenters. The molecule has 1 amide bonds. The summed E-state index contributed by atoms with van der Waals surface area (Å²) >= 11 is 0. The lowest BCUT2D eigenvalue weighted by atomic mass is 9.95. The number of hydrogen-bond donors (Lipinski definition) is 1. The normalized spacial score (nSPS) is 22.2. The van der Waals surface area contributed by atoms with E-state index in [9.17, 15) is 14.7 Å². The first kappa shape index (κ1) is 22.4. The molecule has 4 heterocycles. The number of ether oxygens (including phenoxy) is 3. The van der Waals surface area contributed by atoms with E-state index in [-0.39, 0.29) is 11.3 Å². The zero-order valence-electron chi connectivity index (χ0n) is 18.8. The topological polar surface area (TPSA) is 101 Å². The predicted octanol–water partition coefficient (Wildman–Crippen LogP) is 2.00. The van der Waals surface area contributed by atoms with Gasteiger partial charge in [-0.2, -0.15) is 0 Å². The van der Waals surface area contributed by atoms with E-state index in [2.05, 4.69) is 9.88 Å². The number of aliphatic hydroxyl groups excluding tert-OH is 1. The summed E-state index contributed by atoms with van der Waals surface area (Å²) in [4.78, 5) is 34.2. The molecule has 0 spiro atoms. The maximum atomic E-state index is 13.2. The van der Waals surface area contributed by atoms with Crippen LogP contribution in [0.5, 0.6) is 11.5 Å². The van der Waals surface area contributed by atoms with Crippen LogP contribution in [0.15, 0.2) is 48.3 Å². The van der Waals surface area contributed by atoms with E-state index in [1.165, 1.54) is 0 Å². The van der Waals surface area contributed by atoms with Crippen LogP contribution in [0, 0.1) is 0 Å². The van der Waals surface area contributed by atoms with E-state index in [0.29, 0.717) is 56.5 Å². The maximum Gasteiger partial charge on any atom is 0.295 e. The molecule has 5 rings (SSSR count). The minimum atomic E-state index is -0.694. The number of morpholine rings is 1. The molecule has 1 aromatic heterocycles. The van der Waals surface area contributed by atoms with Crippen LogP contribution in [-0.2, 0) is 14.3 Å². The molecule has 9 heteroatoms. The van der Waals surface area contributed by atoms with Gasteiger partial charge in [-0.05, 0) is 42.3 Å². The number of hydrogen-bond acceptors (Lipinski definition) is 8. The third-order valence-corrected chi connectivity index (χ3v) is 6.35. The SMILES string of the molecule is O=C1C(=O)N(CCCN2CCOCC2)C(c2ccncc2)/C1=C(/O)c1ccc2c(c1)OCCO2. The largest absolute Gasteiger partial charge is 0.507 e. The zero-order valence-corrected chi connectivity index (χ0v) is 18.8. The van der Waals surface area contributed by atoms with Crippen LogP contribution >= 0.6 is 0 Å². The first-order valence-electron chi connectivity index (χ1n) is 11.5. The molecule has 0 aliphatic carbocycles. The highest BCUT2D eigenvalue weighted by atomic mass is 16.6. The lowest BCUT2D eigenvalue weighted by molar-refractivity contribution is -0.140. The molecule has 1 N–H and O–H groups in total. The summed E-state index contributed by atoms with van der Waals surface area (Å²) in [6.45, 7) is 5.18. The summed E-state index contributed by atoms with van der Waals surface area (Å²) < 4.78 is 16.6. The fraction of sp³-hybridized carbons (Fsp3) is 0.400. The van der Waals surface area contributed by atoms with Crippen molar-refractivity contribution in [2.45, 2.75) is 12.5 Å². The van der Waals surface area contributed by atoms with Crippen LogP contribution in [0.3, 0.4) is 0 Å². The van der Waals surface area contributed by atoms with E-state index in [0.717, 1.165) is 25.2 Å². The van der Waals surface area contributed by atoms with Gasteiger partial charge in [-0.25, -0.2) is 0 Å². The number of benzene rings is 1. The van der Waals surface area contributed by atoms with Crippen molar-refractivity contribution in [1.82, 2.24) is 14.8 Å². The number of Topliss-reactive ketones (excluding diaryl/α,β-unsaturated/α-hetero) is 1.